The Morgan fingerprint density at radius 2 is 2.41 bits per heavy atom. The number of rotatable bonds is 1. The summed E-state index contributed by atoms with van der Waals surface area (Å²) >= 11 is 0. The van der Waals surface area contributed by atoms with Crippen molar-refractivity contribution in [2.45, 2.75) is 26.4 Å². The molecule has 4 nitrogen and oxygen atoms in total. The summed E-state index contributed by atoms with van der Waals surface area (Å²) in [5, 5.41) is 9.22. The third-order valence-corrected chi connectivity index (χ3v) is 3.00. The van der Waals surface area contributed by atoms with E-state index in [9.17, 15) is 5.26 Å². The Hall–Kier alpha value is -1.60. The molecule has 90 valence electrons. The Morgan fingerprint density at radius 1 is 1.59 bits per heavy atom. The quantitative estimate of drug-likeness (QED) is 0.740. The number of ether oxygens (including phenoxy) is 1. The lowest BCUT2D eigenvalue weighted by molar-refractivity contribution is 0.0820. The van der Waals surface area contributed by atoms with E-state index in [4.69, 9.17) is 4.74 Å². The van der Waals surface area contributed by atoms with Gasteiger partial charge in [0.2, 0.25) is 0 Å². The van der Waals surface area contributed by atoms with Gasteiger partial charge in [-0.2, -0.15) is 5.26 Å². The number of anilines is 1. The van der Waals surface area contributed by atoms with Gasteiger partial charge in [-0.05, 0) is 31.9 Å². The van der Waals surface area contributed by atoms with E-state index in [0.717, 1.165) is 37.5 Å². The van der Waals surface area contributed by atoms with Gasteiger partial charge < -0.3 is 9.64 Å². The first-order valence-corrected chi connectivity index (χ1v) is 5.94. The molecule has 0 aliphatic carbocycles. The zero-order valence-corrected chi connectivity index (χ0v) is 10.3. The standard InChI is InChI=1S/C13H17N3O/c1-10-4-5-15-13(12(10)8-14)16-6-3-7-17-11(2)9-16/h4-5,11H,3,6-7,9H2,1-2H3. The van der Waals surface area contributed by atoms with Crippen LogP contribution in [0.2, 0.25) is 0 Å². The second-order valence-electron chi connectivity index (χ2n) is 4.42. The Bertz CT molecular complexity index is 439. The molecule has 0 aromatic carbocycles. The highest BCUT2D eigenvalue weighted by Crippen LogP contribution is 2.21. The van der Waals surface area contributed by atoms with Crippen LogP contribution in [0.3, 0.4) is 0 Å². The summed E-state index contributed by atoms with van der Waals surface area (Å²) < 4.78 is 5.61. The Morgan fingerprint density at radius 3 is 3.18 bits per heavy atom. The van der Waals surface area contributed by atoms with Crippen molar-refractivity contribution in [1.29, 1.82) is 5.26 Å². The molecule has 0 N–H and O–H groups in total. The van der Waals surface area contributed by atoms with Crippen LogP contribution in [0, 0.1) is 18.3 Å². The number of pyridine rings is 1. The zero-order valence-electron chi connectivity index (χ0n) is 10.3. The molecule has 0 bridgehead atoms. The maximum Gasteiger partial charge on any atom is 0.146 e. The van der Waals surface area contributed by atoms with Gasteiger partial charge in [0.15, 0.2) is 0 Å². The highest BCUT2D eigenvalue weighted by atomic mass is 16.5. The van der Waals surface area contributed by atoms with E-state index >= 15 is 0 Å². The lowest BCUT2D eigenvalue weighted by Crippen LogP contribution is -2.31. The van der Waals surface area contributed by atoms with Crippen molar-refractivity contribution >= 4 is 5.82 Å². The van der Waals surface area contributed by atoms with Crippen molar-refractivity contribution in [3.8, 4) is 6.07 Å². The van der Waals surface area contributed by atoms with Crippen LogP contribution >= 0.6 is 0 Å². The maximum atomic E-state index is 9.22. The molecule has 4 heteroatoms. The normalized spacial score (nSPS) is 20.8. The summed E-state index contributed by atoms with van der Waals surface area (Å²) in [5.74, 6) is 0.796. The minimum absolute atomic E-state index is 0.186. The first kappa shape index (κ1) is 11.9. The van der Waals surface area contributed by atoms with E-state index < -0.39 is 0 Å². The summed E-state index contributed by atoms with van der Waals surface area (Å²) in [7, 11) is 0. The van der Waals surface area contributed by atoms with Crippen LogP contribution in [0.5, 0.6) is 0 Å². The Labute approximate surface area is 102 Å². The molecule has 17 heavy (non-hydrogen) atoms. The Balaban J connectivity index is 2.32. The predicted molar refractivity (Wildman–Crippen MR) is 65.9 cm³/mol. The zero-order chi connectivity index (χ0) is 12.3. The molecule has 1 aliphatic rings. The molecular weight excluding hydrogens is 214 g/mol. The molecule has 1 aromatic rings. The molecule has 0 radical (unpaired) electrons. The van der Waals surface area contributed by atoms with Gasteiger partial charge in [-0.1, -0.05) is 0 Å². The van der Waals surface area contributed by atoms with Crippen molar-refractivity contribution in [2.75, 3.05) is 24.6 Å². The fourth-order valence-electron chi connectivity index (χ4n) is 2.11. The van der Waals surface area contributed by atoms with Crippen LogP contribution in [0.25, 0.3) is 0 Å². The van der Waals surface area contributed by atoms with Crippen LogP contribution in [0.1, 0.15) is 24.5 Å². The summed E-state index contributed by atoms with van der Waals surface area (Å²) in [5.41, 5.74) is 1.66. The molecule has 1 unspecified atom stereocenters. The van der Waals surface area contributed by atoms with E-state index in [1.807, 2.05) is 13.0 Å². The van der Waals surface area contributed by atoms with Gasteiger partial charge in [0, 0.05) is 25.9 Å². The fourth-order valence-corrected chi connectivity index (χ4v) is 2.11. The second-order valence-corrected chi connectivity index (χ2v) is 4.42. The van der Waals surface area contributed by atoms with Crippen molar-refractivity contribution in [1.82, 2.24) is 4.98 Å². The second kappa shape index (κ2) is 5.15. The molecule has 2 heterocycles. The minimum Gasteiger partial charge on any atom is -0.377 e. The third kappa shape index (κ3) is 2.56. The summed E-state index contributed by atoms with van der Waals surface area (Å²) in [6.45, 7) is 6.48. The molecule has 1 atom stereocenters. The minimum atomic E-state index is 0.186. The average Bonchev–Trinajstić information content (AvgIpc) is 2.53. The highest BCUT2D eigenvalue weighted by molar-refractivity contribution is 5.57. The van der Waals surface area contributed by atoms with E-state index in [-0.39, 0.29) is 6.10 Å². The topological polar surface area (TPSA) is 49.2 Å². The van der Waals surface area contributed by atoms with Crippen molar-refractivity contribution in [3.63, 3.8) is 0 Å². The van der Waals surface area contributed by atoms with Crippen molar-refractivity contribution in [3.05, 3.63) is 23.4 Å². The largest absolute Gasteiger partial charge is 0.377 e. The summed E-state index contributed by atoms with van der Waals surface area (Å²) in [4.78, 5) is 6.51. The van der Waals surface area contributed by atoms with Crippen molar-refractivity contribution < 1.29 is 4.74 Å². The van der Waals surface area contributed by atoms with Gasteiger partial charge in [0.1, 0.15) is 11.9 Å². The van der Waals surface area contributed by atoms with Gasteiger partial charge in [0.05, 0.1) is 11.7 Å². The van der Waals surface area contributed by atoms with Gasteiger partial charge >= 0.3 is 0 Å². The Kier molecular flexibility index (Phi) is 3.60. The van der Waals surface area contributed by atoms with E-state index in [0.29, 0.717) is 5.56 Å². The average molecular weight is 231 g/mol. The van der Waals surface area contributed by atoms with Crippen molar-refractivity contribution in [2.24, 2.45) is 0 Å². The monoisotopic (exact) mass is 231 g/mol. The molecule has 1 aliphatic heterocycles. The van der Waals surface area contributed by atoms with Gasteiger partial charge in [0.25, 0.3) is 0 Å². The lowest BCUT2D eigenvalue weighted by Gasteiger charge is -2.24. The number of nitrogens with zero attached hydrogens (tertiary/aromatic N) is 3. The molecule has 1 fully saturated rings. The maximum absolute atomic E-state index is 9.22. The van der Waals surface area contributed by atoms with Crippen LogP contribution in [-0.2, 0) is 4.74 Å². The molecule has 1 aromatic heterocycles. The molecular formula is C13H17N3O. The smallest absolute Gasteiger partial charge is 0.146 e. The van der Waals surface area contributed by atoms with E-state index in [1.165, 1.54) is 0 Å². The van der Waals surface area contributed by atoms with Crippen LogP contribution in [-0.4, -0.2) is 30.8 Å². The van der Waals surface area contributed by atoms with E-state index in [1.54, 1.807) is 6.20 Å². The van der Waals surface area contributed by atoms with Crippen LogP contribution < -0.4 is 4.90 Å². The van der Waals surface area contributed by atoms with Gasteiger partial charge in [-0.25, -0.2) is 4.98 Å². The third-order valence-electron chi connectivity index (χ3n) is 3.00. The number of aromatic nitrogens is 1. The summed E-state index contributed by atoms with van der Waals surface area (Å²) in [6.07, 6.45) is 2.93. The molecule has 2 rings (SSSR count). The fraction of sp³-hybridized carbons (Fsp3) is 0.538. The molecule has 1 saturated heterocycles. The van der Waals surface area contributed by atoms with Crippen LogP contribution in [0.15, 0.2) is 12.3 Å². The number of hydrogen-bond acceptors (Lipinski definition) is 4. The molecule has 0 saturated carbocycles. The number of nitriles is 1. The lowest BCUT2D eigenvalue weighted by atomic mass is 10.1. The van der Waals surface area contributed by atoms with Gasteiger partial charge in [-0.3, -0.25) is 0 Å². The first-order valence-electron chi connectivity index (χ1n) is 5.94. The highest BCUT2D eigenvalue weighted by Gasteiger charge is 2.19. The van der Waals surface area contributed by atoms with E-state index in [2.05, 4.69) is 22.9 Å². The van der Waals surface area contributed by atoms with Gasteiger partial charge in [-0.15, -0.1) is 0 Å². The first-order chi connectivity index (χ1) is 8.22. The van der Waals surface area contributed by atoms with Crippen LogP contribution in [0.4, 0.5) is 5.82 Å². The molecule has 0 spiro atoms. The summed E-state index contributed by atoms with van der Waals surface area (Å²) in [6, 6.07) is 4.13. The SMILES string of the molecule is Cc1ccnc(N2CCCOC(C)C2)c1C#N. The number of hydrogen-bond donors (Lipinski definition) is 0. The predicted octanol–water partition coefficient (Wildman–Crippen LogP) is 1.88. The number of aryl methyl sites for hydroxylation is 1. The molecule has 0 amide bonds.